The molecule has 0 N–H and O–H groups in total. The highest BCUT2D eigenvalue weighted by Gasteiger charge is 2.33. The summed E-state index contributed by atoms with van der Waals surface area (Å²) in [4.78, 5) is 9.08. The zero-order chi connectivity index (χ0) is 20.6. The van der Waals surface area contributed by atoms with Gasteiger partial charge in [-0.3, -0.25) is 4.98 Å². The molecular formula is C22H20N4O3S. The van der Waals surface area contributed by atoms with E-state index in [0.717, 1.165) is 10.9 Å². The molecule has 0 amide bonds. The maximum Gasteiger partial charge on any atom is 0.245 e. The van der Waals surface area contributed by atoms with Gasteiger partial charge in [-0.25, -0.2) is 8.42 Å². The third kappa shape index (κ3) is 3.38. The van der Waals surface area contributed by atoms with Gasteiger partial charge in [0.05, 0.1) is 5.52 Å². The van der Waals surface area contributed by atoms with E-state index in [0.29, 0.717) is 43.2 Å². The first-order valence-electron chi connectivity index (χ1n) is 9.86. The number of benzene rings is 2. The molecule has 1 fully saturated rings. The summed E-state index contributed by atoms with van der Waals surface area (Å²) in [6.07, 6.45) is 2.88. The zero-order valence-electron chi connectivity index (χ0n) is 16.2. The highest BCUT2D eigenvalue weighted by molar-refractivity contribution is 7.89. The Balaban J connectivity index is 1.34. The molecule has 8 heteroatoms. The Bertz CT molecular complexity index is 1270. The molecule has 0 atom stereocenters. The lowest BCUT2D eigenvalue weighted by molar-refractivity contribution is 0.271. The van der Waals surface area contributed by atoms with Crippen LogP contribution in [0.3, 0.4) is 0 Å². The van der Waals surface area contributed by atoms with E-state index < -0.39 is 10.0 Å². The van der Waals surface area contributed by atoms with Crippen LogP contribution < -0.4 is 0 Å². The average molecular weight is 420 g/mol. The van der Waals surface area contributed by atoms with Crippen molar-refractivity contribution in [3.05, 3.63) is 72.8 Å². The van der Waals surface area contributed by atoms with Crippen LogP contribution in [0.15, 0.2) is 76.3 Å². The number of nitrogens with zero attached hydrogens (tertiary/aromatic N) is 4. The van der Waals surface area contributed by atoms with Crippen molar-refractivity contribution < 1.29 is 12.9 Å². The fourth-order valence-corrected chi connectivity index (χ4v) is 5.51. The van der Waals surface area contributed by atoms with Crippen LogP contribution in [0.4, 0.5) is 0 Å². The summed E-state index contributed by atoms with van der Waals surface area (Å²) >= 11 is 0. The van der Waals surface area contributed by atoms with Crippen molar-refractivity contribution in [2.75, 3.05) is 13.1 Å². The normalized spacial score (nSPS) is 16.1. The minimum absolute atomic E-state index is 0.0482. The van der Waals surface area contributed by atoms with E-state index in [-0.39, 0.29) is 10.8 Å². The van der Waals surface area contributed by atoms with Crippen molar-refractivity contribution in [3.8, 4) is 11.4 Å². The Morgan fingerprint density at radius 2 is 1.70 bits per heavy atom. The number of para-hydroxylation sites is 1. The van der Waals surface area contributed by atoms with Gasteiger partial charge in [-0.2, -0.15) is 9.29 Å². The summed E-state index contributed by atoms with van der Waals surface area (Å²) in [5.41, 5.74) is 1.41. The first-order valence-corrected chi connectivity index (χ1v) is 11.3. The monoisotopic (exact) mass is 420 g/mol. The van der Waals surface area contributed by atoms with Crippen LogP contribution in [0, 0.1) is 0 Å². The Morgan fingerprint density at radius 3 is 2.50 bits per heavy atom. The molecule has 0 aliphatic carbocycles. The number of piperidine rings is 1. The van der Waals surface area contributed by atoms with Crippen LogP contribution in [0.25, 0.3) is 22.3 Å². The van der Waals surface area contributed by atoms with Gasteiger partial charge in [-0.05, 0) is 25.0 Å². The van der Waals surface area contributed by atoms with Gasteiger partial charge in [0.25, 0.3) is 0 Å². The molecule has 3 heterocycles. The van der Waals surface area contributed by atoms with E-state index in [1.165, 1.54) is 4.31 Å². The summed E-state index contributed by atoms with van der Waals surface area (Å²) in [5, 5.41) is 4.90. The smallest absolute Gasteiger partial charge is 0.245 e. The van der Waals surface area contributed by atoms with Gasteiger partial charge in [0.2, 0.25) is 21.7 Å². The summed E-state index contributed by atoms with van der Waals surface area (Å²) in [7, 11) is -3.63. The van der Waals surface area contributed by atoms with E-state index >= 15 is 0 Å². The Kier molecular flexibility index (Phi) is 4.80. The van der Waals surface area contributed by atoms with Gasteiger partial charge >= 0.3 is 0 Å². The highest BCUT2D eigenvalue weighted by atomic mass is 32.2. The number of fused-ring (bicyclic) bond motifs is 1. The molecule has 2 aromatic carbocycles. The fraction of sp³-hybridized carbons (Fsp3) is 0.227. The van der Waals surface area contributed by atoms with Crippen molar-refractivity contribution >= 4 is 20.9 Å². The maximum absolute atomic E-state index is 13.3. The molecule has 4 aromatic rings. The molecule has 30 heavy (non-hydrogen) atoms. The summed E-state index contributed by atoms with van der Waals surface area (Å²) in [6.45, 7) is 0.804. The van der Waals surface area contributed by atoms with Crippen molar-refractivity contribution in [2.24, 2.45) is 0 Å². The van der Waals surface area contributed by atoms with Gasteiger partial charge in [-0.1, -0.05) is 53.7 Å². The summed E-state index contributed by atoms with van der Waals surface area (Å²) < 4.78 is 33.5. The minimum Gasteiger partial charge on any atom is -0.339 e. The molecule has 0 saturated carbocycles. The predicted octanol–water partition coefficient (Wildman–Crippen LogP) is 3.85. The topological polar surface area (TPSA) is 89.2 Å². The maximum atomic E-state index is 13.3. The van der Waals surface area contributed by atoms with Gasteiger partial charge in [0.1, 0.15) is 4.90 Å². The molecule has 152 valence electrons. The number of pyridine rings is 1. The van der Waals surface area contributed by atoms with Gasteiger partial charge in [0.15, 0.2) is 0 Å². The van der Waals surface area contributed by atoms with Gasteiger partial charge in [0, 0.05) is 36.2 Å². The largest absolute Gasteiger partial charge is 0.339 e. The van der Waals surface area contributed by atoms with E-state index in [2.05, 4.69) is 15.1 Å². The zero-order valence-corrected chi connectivity index (χ0v) is 17.0. The lowest BCUT2D eigenvalue weighted by Gasteiger charge is -2.29. The molecule has 1 aliphatic heterocycles. The molecule has 0 unspecified atom stereocenters. The summed E-state index contributed by atoms with van der Waals surface area (Å²) in [5.74, 6) is 1.17. The third-order valence-corrected chi connectivity index (χ3v) is 7.42. The first-order chi connectivity index (χ1) is 14.6. The van der Waals surface area contributed by atoms with Crippen LogP contribution in [0.5, 0.6) is 0 Å². The van der Waals surface area contributed by atoms with Crippen LogP contribution in [0.1, 0.15) is 24.7 Å². The second kappa shape index (κ2) is 7.62. The van der Waals surface area contributed by atoms with Crippen molar-refractivity contribution in [3.63, 3.8) is 0 Å². The molecular weight excluding hydrogens is 400 g/mol. The standard InChI is InChI=1S/C22H20N4O3S/c27-30(28,19-10-4-8-16-9-5-13-23-20(16)19)26-14-11-18(12-15-26)22-24-21(25-29-22)17-6-2-1-3-7-17/h1-10,13,18H,11-12,14-15H2. The van der Waals surface area contributed by atoms with Crippen LogP contribution >= 0.6 is 0 Å². The van der Waals surface area contributed by atoms with Gasteiger partial charge < -0.3 is 4.52 Å². The summed E-state index contributed by atoms with van der Waals surface area (Å²) in [6, 6.07) is 18.6. The third-order valence-electron chi connectivity index (χ3n) is 5.49. The number of aromatic nitrogens is 3. The number of rotatable bonds is 4. The Labute approximate surface area is 174 Å². The first kappa shape index (κ1) is 18.9. The fourth-order valence-electron chi connectivity index (χ4n) is 3.87. The molecule has 0 spiro atoms. The Hall–Kier alpha value is -3.10. The highest BCUT2D eigenvalue weighted by Crippen LogP contribution is 2.32. The van der Waals surface area contributed by atoms with Crippen LogP contribution in [-0.2, 0) is 10.0 Å². The quantitative estimate of drug-likeness (QED) is 0.498. The number of hydrogen-bond donors (Lipinski definition) is 0. The van der Waals surface area contributed by atoms with Crippen molar-refractivity contribution in [1.29, 1.82) is 0 Å². The molecule has 1 saturated heterocycles. The van der Waals surface area contributed by atoms with Gasteiger partial charge in [-0.15, -0.1) is 0 Å². The lowest BCUT2D eigenvalue weighted by Crippen LogP contribution is -2.38. The van der Waals surface area contributed by atoms with Crippen LogP contribution in [-0.4, -0.2) is 40.9 Å². The van der Waals surface area contributed by atoms with E-state index in [4.69, 9.17) is 4.52 Å². The molecule has 5 rings (SSSR count). The molecule has 1 aliphatic rings. The Morgan fingerprint density at radius 1 is 0.933 bits per heavy atom. The SMILES string of the molecule is O=S(=O)(c1cccc2cccnc12)N1CCC(c2nc(-c3ccccc3)no2)CC1. The predicted molar refractivity (Wildman–Crippen MR) is 112 cm³/mol. The second-order valence-electron chi connectivity index (χ2n) is 7.33. The molecule has 7 nitrogen and oxygen atoms in total. The molecule has 0 radical (unpaired) electrons. The average Bonchev–Trinajstić information content (AvgIpc) is 3.30. The van der Waals surface area contributed by atoms with E-state index in [9.17, 15) is 8.42 Å². The second-order valence-corrected chi connectivity index (χ2v) is 9.24. The molecule has 2 aromatic heterocycles. The molecule has 0 bridgehead atoms. The van der Waals surface area contributed by atoms with Crippen molar-refractivity contribution in [1.82, 2.24) is 19.4 Å². The lowest BCUT2D eigenvalue weighted by atomic mass is 9.98. The van der Waals surface area contributed by atoms with E-state index in [1.54, 1.807) is 24.4 Å². The van der Waals surface area contributed by atoms with Crippen molar-refractivity contribution in [2.45, 2.75) is 23.7 Å². The minimum atomic E-state index is -3.63. The van der Waals surface area contributed by atoms with Crippen LogP contribution in [0.2, 0.25) is 0 Å². The number of hydrogen-bond acceptors (Lipinski definition) is 6. The number of sulfonamides is 1. The van der Waals surface area contributed by atoms with E-state index in [1.807, 2.05) is 42.5 Å².